The standard InChI is InChI=1S/C12H19NO4/c1-8(7-9(2)13(3)4)10(11(14)16-5)12(15)17-6/h7H,1-6H3/b9-7-. The molecular weight excluding hydrogens is 222 g/mol. The van der Waals surface area contributed by atoms with Gasteiger partial charge in [0.25, 0.3) is 0 Å². The van der Waals surface area contributed by atoms with Gasteiger partial charge in [-0.15, -0.1) is 0 Å². The molecule has 5 heteroatoms. The first-order valence-corrected chi connectivity index (χ1v) is 5.08. The fourth-order valence-corrected chi connectivity index (χ4v) is 1.12. The van der Waals surface area contributed by atoms with Crippen LogP contribution in [0.5, 0.6) is 0 Å². The molecule has 0 saturated heterocycles. The van der Waals surface area contributed by atoms with Crippen LogP contribution in [0, 0.1) is 0 Å². The van der Waals surface area contributed by atoms with Gasteiger partial charge in [-0.3, -0.25) is 0 Å². The van der Waals surface area contributed by atoms with Gasteiger partial charge in [0.15, 0.2) is 0 Å². The van der Waals surface area contributed by atoms with Crippen LogP contribution in [0.2, 0.25) is 0 Å². The number of methoxy groups -OCH3 is 2. The molecule has 0 spiro atoms. The number of nitrogens with zero attached hydrogens (tertiary/aromatic N) is 1. The van der Waals surface area contributed by atoms with Gasteiger partial charge < -0.3 is 14.4 Å². The lowest BCUT2D eigenvalue weighted by Gasteiger charge is -2.13. The molecule has 0 aliphatic carbocycles. The average molecular weight is 241 g/mol. The molecule has 0 heterocycles. The third kappa shape index (κ3) is 4.30. The molecule has 0 aliphatic heterocycles. The summed E-state index contributed by atoms with van der Waals surface area (Å²) in [6.07, 6.45) is 1.73. The number of allylic oxidation sites excluding steroid dienone is 3. The molecule has 0 atom stereocenters. The molecule has 0 fully saturated rings. The Morgan fingerprint density at radius 2 is 1.41 bits per heavy atom. The zero-order chi connectivity index (χ0) is 13.6. The largest absolute Gasteiger partial charge is 0.465 e. The Balaban J connectivity index is 5.47. The molecule has 0 aromatic heterocycles. The van der Waals surface area contributed by atoms with Crippen LogP contribution in [-0.2, 0) is 19.1 Å². The number of carbonyl (C=O) groups excluding carboxylic acids is 2. The van der Waals surface area contributed by atoms with E-state index in [4.69, 9.17) is 0 Å². The maximum atomic E-state index is 11.5. The van der Waals surface area contributed by atoms with Crippen LogP contribution in [0.25, 0.3) is 0 Å². The minimum absolute atomic E-state index is 0.0869. The van der Waals surface area contributed by atoms with Crippen LogP contribution in [0.15, 0.2) is 22.9 Å². The zero-order valence-corrected chi connectivity index (χ0v) is 11.2. The van der Waals surface area contributed by atoms with Gasteiger partial charge in [0, 0.05) is 19.8 Å². The van der Waals surface area contributed by atoms with E-state index in [0.29, 0.717) is 5.57 Å². The highest BCUT2D eigenvalue weighted by molar-refractivity contribution is 6.15. The van der Waals surface area contributed by atoms with Gasteiger partial charge in [0.05, 0.1) is 14.2 Å². The van der Waals surface area contributed by atoms with E-state index in [9.17, 15) is 9.59 Å². The van der Waals surface area contributed by atoms with Gasteiger partial charge in [-0.1, -0.05) is 0 Å². The Kier molecular flexibility index (Phi) is 6.02. The third-order valence-electron chi connectivity index (χ3n) is 2.30. The van der Waals surface area contributed by atoms with Gasteiger partial charge in [0.1, 0.15) is 5.57 Å². The molecule has 0 bridgehead atoms. The predicted molar refractivity (Wildman–Crippen MR) is 64.2 cm³/mol. The Morgan fingerprint density at radius 1 is 1.00 bits per heavy atom. The van der Waals surface area contributed by atoms with Crippen LogP contribution < -0.4 is 0 Å². The lowest BCUT2D eigenvalue weighted by atomic mass is 10.1. The first-order chi connectivity index (χ1) is 7.84. The van der Waals surface area contributed by atoms with Gasteiger partial charge in [-0.2, -0.15) is 0 Å². The van der Waals surface area contributed by atoms with Gasteiger partial charge in [-0.05, 0) is 25.5 Å². The summed E-state index contributed by atoms with van der Waals surface area (Å²) < 4.78 is 9.12. The van der Waals surface area contributed by atoms with E-state index in [2.05, 4.69) is 9.47 Å². The van der Waals surface area contributed by atoms with Crippen molar-refractivity contribution < 1.29 is 19.1 Å². The second-order valence-corrected chi connectivity index (χ2v) is 3.72. The molecular formula is C12H19NO4. The minimum atomic E-state index is -0.697. The highest BCUT2D eigenvalue weighted by Gasteiger charge is 2.22. The lowest BCUT2D eigenvalue weighted by molar-refractivity contribution is -0.144. The quantitative estimate of drug-likeness (QED) is 0.243. The predicted octanol–water partition coefficient (Wildman–Crippen LogP) is 1.11. The van der Waals surface area contributed by atoms with Crippen molar-refractivity contribution in [3.63, 3.8) is 0 Å². The third-order valence-corrected chi connectivity index (χ3v) is 2.30. The molecule has 0 N–H and O–H groups in total. The van der Waals surface area contributed by atoms with Crippen LogP contribution in [0.3, 0.4) is 0 Å². The Morgan fingerprint density at radius 3 is 1.71 bits per heavy atom. The monoisotopic (exact) mass is 241 g/mol. The highest BCUT2D eigenvalue weighted by atomic mass is 16.5. The number of carbonyl (C=O) groups is 2. The van der Waals surface area contributed by atoms with Crippen molar-refractivity contribution >= 4 is 11.9 Å². The van der Waals surface area contributed by atoms with Gasteiger partial charge >= 0.3 is 11.9 Å². The molecule has 0 aliphatic rings. The maximum Gasteiger partial charge on any atom is 0.345 e. The summed E-state index contributed by atoms with van der Waals surface area (Å²) in [5, 5.41) is 0. The van der Waals surface area contributed by atoms with E-state index < -0.39 is 11.9 Å². The fourth-order valence-electron chi connectivity index (χ4n) is 1.12. The van der Waals surface area contributed by atoms with E-state index in [1.807, 2.05) is 25.9 Å². The van der Waals surface area contributed by atoms with E-state index in [1.54, 1.807) is 13.0 Å². The molecule has 0 saturated carbocycles. The topological polar surface area (TPSA) is 55.8 Å². The number of hydrogen-bond donors (Lipinski definition) is 0. The molecule has 0 radical (unpaired) electrons. The van der Waals surface area contributed by atoms with E-state index in [0.717, 1.165) is 5.70 Å². The molecule has 0 rings (SSSR count). The highest BCUT2D eigenvalue weighted by Crippen LogP contribution is 2.12. The summed E-state index contributed by atoms with van der Waals surface area (Å²) in [7, 11) is 6.19. The molecule has 0 unspecified atom stereocenters. The normalized spacial score (nSPS) is 10.6. The Labute approximate surface area is 102 Å². The molecule has 5 nitrogen and oxygen atoms in total. The van der Waals surface area contributed by atoms with Gasteiger partial charge in [-0.25, -0.2) is 9.59 Å². The second-order valence-electron chi connectivity index (χ2n) is 3.72. The number of rotatable bonds is 4. The van der Waals surface area contributed by atoms with Crippen molar-refractivity contribution in [3.8, 4) is 0 Å². The zero-order valence-electron chi connectivity index (χ0n) is 11.2. The SMILES string of the molecule is COC(=O)C(C(=O)OC)=C(C)/C=C(/C)N(C)C. The first kappa shape index (κ1) is 15.2. The van der Waals surface area contributed by atoms with Crippen LogP contribution in [0.1, 0.15) is 13.8 Å². The first-order valence-electron chi connectivity index (χ1n) is 5.08. The molecule has 96 valence electrons. The van der Waals surface area contributed by atoms with Crippen LogP contribution in [-0.4, -0.2) is 45.2 Å². The van der Waals surface area contributed by atoms with Crippen LogP contribution >= 0.6 is 0 Å². The summed E-state index contributed by atoms with van der Waals surface area (Å²) in [4.78, 5) is 24.8. The number of ether oxygens (including phenoxy) is 2. The maximum absolute atomic E-state index is 11.5. The average Bonchev–Trinajstić information content (AvgIpc) is 2.28. The summed E-state index contributed by atoms with van der Waals surface area (Å²) >= 11 is 0. The van der Waals surface area contributed by atoms with Crippen molar-refractivity contribution in [2.24, 2.45) is 0 Å². The summed E-state index contributed by atoms with van der Waals surface area (Å²) in [5.74, 6) is -1.39. The van der Waals surface area contributed by atoms with Crippen molar-refractivity contribution in [1.29, 1.82) is 0 Å². The van der Waals surface area contributed by atoms with Crippen molar-refractivity contribution in [2.45, 2.75) is 13.8 Å². The van der Waals surface area contributed by atoms with Crippen molar-refractivity contribution in [3.05, 3.63) is 22.9 Å². The number of esters is 2. The summed E-state index contributed by atoms with van der Waals surface area (Å²) in [5.41, 5.74) is 1.33. The van der Waals surface area contributed by atoms with Crippen molar-refractivity contribution in [1.82, 2.24) is 4.90 Å². The molecule has 0 amide bonds. The summed E-state index contributed by atoms with van der Waals surface area (Å²) in [6.45, 7) is 3.53. The second kappa shape index (κ2) is 6.73. The van der Waals surface area contributed by atoms with Crippen LogP contribution in [0.4, 0.5) is 0 Å². The number of hydrogen-bond acceptors (Lipinski definition) is 5. The van der Waals surface area contributed by atoms with E-state index in [-0.39, 0.29) is 5.57 Å². The Hall–Kier alpha value is -1.78. The Bertz CT molecular complexity index is 349. The van der Waals surface area contributed by atoms with Crippen molar-refractivity contribution in [2.75, 3.05) is 28.3 Å². The smallest absolute Gasteiger partial charge is 0.345 e. The molecule has 0 aromatic rings. The molecule has 17 heavy (non-hydrogen) atoms. The summed E-state index contributed by atoms with van der Waals surface area (Å²) in [6, 6.07) is 0. The van der Waals surface area contributed by atoms with E-state index in [1.165, 1.54) is 14.2 Å². The molecule has 0 aromatic carbocycles. The lowest BCUT2D eigenvalue weighted by Crippen LogP contribution is -2.18. The fraction of sp³-hybridized carbons (Fsp3) is 0.500. The van der Waals surface area contributed by atoms with Gasteiger partial charge in [0.2, 0.25) is 0 Å². The minimum Gasteiger partial charge on any atom is -0.465 e. The van der Waals surface area contributed by atoms with E-state index >= 15 is 0 Å².